The van der Waals surface area contributed by atoms with E-state index in [0.717, 1.165) is 0 Å². The fourth-order valence-electron chi connectivity index (χ4n) is 5.56. The van der Waals surface area contributed by atoms with E-state index in [1.54, 1.807) is 0 Å². The van der Waals surface area contributed by atoms with E-state index in [4.69, 9.17) is 62.8 Å². The highest BCUT2D eigenvalue weighted by Gasteiger charge is 2.52. The largest absolute Gasteiger partial charge is 0.394 e. The van der Waals surface area contributed by atoms with Crippen molar-refractivity contribution < 1.29 is 43.7 Å². The quantitative estimate of drug-likeness (QED) is 0.130. The number of aliphatic hydroxyl groups excluding tert-OH is 3. The highest BCUT2D eigenvalue weighted by atomic mass is 16.8. The van der Waals surface area contributed by atoms with Crippen molar-refractivity contribution in [3.05, 3.63) is 0 Å². The maximum absolute atomic E-state index is 11.1. The van der Waals surface area contributed by atoms with Gasteiger partial charge in [0.25, 0.3) is 0 Å². The molecule has 3 heterocycles. The van der Waals surface area contributed by atoms with E-state index in [1.165, 1.54) is 0 Å². The number of aliphatic hydroxyl groups is 3. The van der Waals surface area contributed by atoms with Crippen LogP contribution in [0.15, 0.2) is 0 Å². The van der Waals surface area contributed by atoms with E-state index in [9.17, 15) is 15.3 Å². The summed E-state index contributed by atoms with van der Waals surface area (Å²) in [5.41, 5.74) is 36.4. The number of rotatable bonds is 9. The van der Waals surface area contributed by atoms with E-state index in [0.29, 0.717) is 38.8 Å². The molecule has 4 rings (SSSR count). The zero-order valence-electron chi connectivity index (χ0n) is 21.6. The zero-order chi connectivity index (χ0) is 27.6. The molecule has 0 aromatic rings. The van der Waals surface area contributed by atoms with Gasteiger partial charge < -0.3 is 78.1 Å². The maximum Gasteiger partial charge on any atom is 0.187 e. The Morgan fingerprint density at radius 3 is 1.66 bits per heavy atom. The second-order valence-corrected chi connectivity index (χ2v) is 10.8. The van der Waals surface area contributed by atoms with Gasteiger partial charge in [0.2, 0.25) is 0 Å². The molecule has 3 saturated heterocycles. The summed E-state index contributed by atoms with van der Waals surface area (Å²) in [5, 5.41) is 32.0. The summed E-state index contributed by atoms with van der Waals surface area (Å²) in [6, 6.07) is -2.22. The minimum Gasteiger partial charge on any atom is -0.394 e. The molecule has 15 heteroatoms. The van der Waals surface area contributed by atoms with Crippen LogP contribution >= 0.6 is 0 Å². The molecular weight excluding hydrogens is 504 g/mol. The van der Waals surface area contributed by atoms with Gasteiger partial charge in [0.1, 0.15) is 30.5 Å². The van der Waals surface area contributed by atoms with Gasteiger partial charge in [0, 0.05) is 25.2 Å². The Bertz CT molecular complexity index is 745. The van der Waals surface area contributed by atoms with Gasteiger partial charge in [-0.2, -0.15) is 0 Å². The number of hydrogen-bond acceptors (Lipinski definition) is 15. The van der Waals surface area contributed by atoms with Crippen LogP contribution in [0.4, 0.5) is 0 Å². The molecule has 4 aliphatic rings. The fourth-order valence-corrected chi connectivity index (χ4v) is 5.56. The third kappa shape index (κ3) is 6.64. The summed E-state index contributed by atoms with van der Waals surface area (Å²) in [6.07, 6.45) is -7.05. The smallest absolute Gasteiger partial charge is 0.187 e. The highest BCUT2D eigenvalue weighted by molar-refractivity contribution is 5.01. The number of nitrogens with two attached hydrogens (primary N) is 6. The number of ether oxygens (including phenoxy) is 6. The average Bonchev–Trinajstić information content (AvgIpc) is 3.20. The SMILES string of the molecule is NC[C@@H]1CC[C@@H](N)[C@@H](O[C@H]2[C@H](O[C@@H]3O[C@H](CO)[C@@H](O[C@H]4O[C@H](CN)CC[C@H]4N)[C@H]3O)[C@@H](O)[C@H](N)C[C@@H]2N)O1. The highest BCUT2D eigenvalue weighted by Crippen LogP contribution is 2.34. The topological polar surface area (TPSA) is 272 Å². The van der Waals surface area contributed by atoms with Crippen molar-refractivity contribution in [1.29, 1.82) is 0 Å². The van der Waals surface area contributed by atoms with E-state index in [1.807, 2.05) is 0 Å². The van der Waals surface area contributed by atoms with Crippen LogP contribution in [-0.4, -0.2) is 127 Å². The van der Waals surface area contributed by atoms with Crippen LogP contribution in [0.2, 0.25) is 0 Å². The Hall–Kier alpha value is -0.600. The second kappa shape index (κ2) is 13.4. The molecule has 1 aliphatic carbocycles. The van der Waals surface area contributed by atoms with E-state index < -0.39 is 86.3 Å². The standard InChI is InChI=1S/C23H46N6O9/c24-6-9-1-3-11(26)21(33-9)36-18-14(29)5-13(28)16(31)20(18)38-23-17(32)19(15(8-30)35-23)37-22-12(27)4-2-10(7-25)34-22/h9-23,30-32H,1-8,24-29H2/t9-,10-,11+,12+,13+,14-,15+,16-,17+,18+,19+,20+,21+,22+,23-/m0/s1. The lowest BCUT2D eigenvalue weighted by Gasteiger charge is -2.45. The van der Waals surface area contributed by atoms with Crippen molar-refractivity contribution in [3.8, 4) is 0 Å². The summed E-state index contributed by atoms with van der Waals surface area (Å²) in [5.74, 6) is 0. The van der Waals surface area contributed by atoms with Crippen molar-refractivity contribution in [1.82, 2.24) is 0 Å². The Morgan fingerprint density at radius 1 is 0.605 bits per heavy atom. The molecule has 1 saturated carbocycles. The Labute approximate surface area is 222 Å². The molecule has 0 unspecified atom stereocenters. The van der Waals surface area contributed by atoms with Crippen LogP contribution in [0, 0.1) is 0 Å². The molecule has 38 heavy (non-hydrogen) atoms. The van der Waals surface area contributed by atoms with E-state index in [-0.39, 0.29) is 18.6 Å². The predicted octanol–water partition coefficient (Wildman–Crippen LogP) is -4.78. The molecule has 0 bridgehead atoms. The first-order valence-electron chi connectivity index (χ1n) is 13.5. The van der Waals surface area contributed by atoms with Gasteiger partial charge in [-0.1, -0.05) is 0 Å². The Kier molecular flexibility index (Phi) is 10.7. The molecule has 15 N–H and O–H groups in total. The summed E-state index contributed by atoms with van der Waals surface area (Å²) in [7, 11) is 0. The third-order valence-electron chi connectivity index (χ3n) is 7.93. The van der Waals surface area contributed by atoms with Gasteiger partial charge >= 0.3 is 0 Å². The molecule has 15 atom stereocenters. The normalized spacial score (nSPS) is 50.3. The maximum atomic E-state index is 11.1. The molecule has 0 aromatic heterocycles. The van der Waals surface area contributed by atoms with Crippen molar-refractivity contribution in [3.63, 3.8) is 0 Å². The van der Waals surface area contributed by atoms with Crippen LogP contribution in [0.5, 0.6) is 0 Å². The van der Waals surface area contributed by atoms with Crippen LogP contribution in [-0.2, 0) is 28.4 Å². The summed E-state index contributed by atoms with van der Waals surface area (Å²) in [6.45, 7) is 0.137. The third-order valence-corrected chi connectivity index (χ3v) is 7.93. The molecule has 0 radical (unpaired) electrons. The van der Waals surface area contributed by atoms with Gasteiger partial charge in [-0.05, 0) is 32.1 Å². The average molecular weight is 551 g/mol. The van der Waals surface area contributed by atoms with Crippen molar-refractivity contribution in [2.24, 2.45) is 34.4 Å². The molecule has 4 fully saturated rings. The first kappa shape index (κ1) is 30.4. The summed E-state index contributed by atoms with van der Waals surface area (Å²) < 4.78 is 35.7. The van der Waals surface area contributed by atoms with Crippen molar-refractivity contribution in [2.75, 3.05) is 19.7 Å². The second-order valence-electron chi connectivity index (χ2n) is 10.8. The lowest BCUT2D eigenvalue weighted by atomic mass is 9.84. The van der Waals surface area contributed by atoms with Crippen LogP contribution in [0.3, 0.4) is 0 Å². The van der Waals surface area contributed by atoms with Crippen LogP contribution in [0.1, 0.15) is 32.1 Å². The predicted molar refractivity (Wildman–Crippen MR) is 133 cm³/mol. The Morgan fingerprint density at radius 2 is 1.13 bits per heavy atom. The first-order chi connectivity index (χ1) is 18.2. The lowest BCUT2D eigenvalue weighted by molar-refractivity contribution is -0.287. The number of hydrogen-bond donors (Lipinski definition) is 9. The fraction of sp³-hybridized carbons (Fsp3) is 1.00. The van der Waals surface area contributed by atoms with Gasteiger partial charge in [-0.25, -0.2) is 0 Å². The summed E-state index contributed by atoms with van der Waals surface area (Å²) in [4.78, 5) is 0. The molecule has 0 spiro atoms. The Balaban J connectivity index is 1.46. The minimum atomic E-state index is -1.36. The molecule has 0 aromatic carbocycles. The van der Waals surface area contributed by atoms with Gasteiger partial charge in [-0.15, -0.1) is 0 Å². The van der Waals surface area contributed by atoms with Crippen molar-refractivity contribution in [2.45, 2.75) is 124 Å². The molecule has 0 amide bonds. The lowest BCUT2D eigenvalue weighted by Crippen LogP contribution is -2.65. The van der Waals surface area contributed by atoms with Gasteiger partial charge in [0.15, 0.2) is 18.9 Å². The van der Waals surface area contributed by atoms with Gasteiger partial charge in [0.05, 0.1) is 37.0 Å². The van der Waals surface area contributed by atoms with Crippen LogP contribution < -0.4 is 34.4 Å². The molecule has 3 aliphatic heterocycles. The van der Waals surface area contributed by atoms with Gasteiger partial charge in [-0.3, -0.25) is 0 Å². The van der Waals surface area contributed by atoms with E-state index in [2.05, 4.69) is 0 Å². The molecular formula is C23H46N6O9. The molecule has 222 valence electrons. The molecule has 15 nitrogen and oxygen atoms in total. The van der Waals surface area contributed by atoms with E-state index >= 15 is 0 Å². The first-order valence-corrected chi connectivity index (χ1v) is 13.5. The minimum absolute atomic E-state index is 0.221. The monoisotopic (exact) mass is 550 g/mol. The van der Waals surface area contributed by atoms with Crippen LogP contribution in [0.25, 0.3) is 0 Å². The zero-order valence-corrected chi connectivity index (χ0v) is 21.6. The summed E-state index contributed by atoms with van der Waals surface area (Å²) >= 11 is 0. The van der Waals surface area contributed by atoms with Crippen molar-refractivity contribution >= 4 is 0 Å².